The Morgan fingerprint density at radius 3 is 2.88 bits per heavy atom. The lowest BCUT2D eigenvalue weighted by Gasteiger charge is -2.34. The Morgan fingerprint density at radius 1 is 1.41 bits per heavy atom. The van der Waals surface area contributed by atoms with Gasteiger partial charge in [0.05, 0.1) is 11.3 Å². The molecule has 0 spiro atoms. The maximum absolute atomic E-state index is 11.1. The van der Waals surface area contributed by atoms with E-state index in [1.807, 2.05) is 12.1 Å². The average Bonchev–Trinajstić information content (AvgIpc) is 2.39. The van der Waals surface area contributed by atoms with Gasteiger partial charge in [-0.05, 0) is 30.9 Å². The van der Waals surface area contributed by atoms with E-state index in [1.54, 1.807) is 12.1 Å². The number of aliphatic hydroxyl groups is 1. The van der Waals surface area contributed by atoms with Crippen molar-refractivity contribution in [3.63, 3.8) is 0 Å². The molecule has 1 aliphatic heterocycles. The fraction of sp³-hybridized carbons (Fsp3) is 0.462. The number of nitrogens with zero attached hydrogens (tertiary/aromatic N) is 1. The highest BCUT2D eigenvalue weighted by molar-refractivity contribution is 5.94. The molecular weight excluding hydrogens is 218 g/mol. The molecule has 2 N–H and O–H groups in total. The van der Waals surface area contributed by atoms with Crippen molar-refractivity contribution < 1.29 is 15.0 Å². The monoisotopic (exact) mass is 235 g/mol. The smallest absolute Gasteiger partial charge is 0.337 e. The van der Waals surface area contributed by atoms with Gasteiger partial charge in [0.2, 0.25) is 0 Å². The van der Waals surface area contributed by atoms with Gasteiger partial charge in [0, 0.05) is 19.7 Å². The van der Waals surface area contributed by atoms with Gasteiger partial charge in [-0.25, -0.2) is 4.79 Å². The average molecular weight is 235 g/mol. The number of carboxylic acids is 1. The van der Waals surface area contributed by atoms with E-state index in [4.69, 9.17) is 5.11 Å². The summed E-state index contributed by atoms with van der Waals surface area (Å²) in [5.41, 5.74) is 1.10. The summed E-state index contributed by atoms with van der Waals surface area (Å²) in [6.07, 6.45) is 2.02. The summed E-state index contributed by atoms with van der Waals surface area (Å²) in [6, 6.07) is 7.05. The number of rotatable bonds is 3. The van der Waals surface area contributed by atoms with Crippen LogP contribution >= 0.6 is 0 Å². The first-order chi connectivity index (χ1) is 8.22. The van der Waals surface area contributed by atoms with Gasteiger partial charge in [0.15, 0.2) is 0 Å². The van der Waals surface area contributed by atoms with Crippen molar-refractivity contribution in [2.75, 3.05) is 24.6 Å². The highest BCUT2D eigenvalue weighted by atomic mass is 16.4. The van der Waals surface area contributed by atoms with Crippen LogP contribution in [0.3, 0.4) is 0 Å². The number of carboxylic acid groups (broad SMARTS) is 1. The summed E-state index contributed by atoms with van der Waals surface area (Å²) in [7, 11) is 0. The van der Waals surface area contributed by atoms with Crippen molar-refractivity contribution >= 4 is 11.7 Å². The van der Waals surface area contributed by atoms with Gasteiger partial charge in [-0.3, -0.25) is 0 Å². The lowest BCUT2D eigenvalue weighted by molar-refractivity contribution is 0.0697. The molecule has 0 aromatic heterocycles. The normalized spacial score (nSPS) is 20.3. The van der Waals surface area contributed by atoms with Crippen molar-refractivity contribution in [3.05, 3.63) is 29.8 Å². The quantitative estimate of drug-likeness (QED) is 0.835. The number of piperidine rings is 1. The highest BCUT2D eigenvalue weighted by Gasteiger charge is 2.22. The van der Waals surface area contributed by atoms with Crippen molar-refractivity contribution in [2.24, 2.45) is 5.92 Å². The van der Waals surface area contributed by atoms with Crippen molar-refractivity contribution in [2.45, 2.75) is 12.8 Å². The van der Waals surface area contributed by atoms with E-state index in [1.165, 1.54) is 0 Å². The summed E-state index contributed by atoms with van der Waals surface area (Å²) in [6.45, 7) is 1.77. The van der Waals surface area contributed by atoms with Gasteiger partial charge in [0.1, 0.15) is 0 Å². The Morgan fingerprint density at radius 2 is 2.18 bits per heavy atom. The van der Waals surface area contributed by atoms with E-state index in [0.717, 1.165) is 31.6 Å². The lowest BCUT2D eigenvalue weighted by atomic mass is 9.97. The third kappa shape index (κ3) is 2.58. The maximum atomic E-state index is 11.1. The van der Waals surface area contributed by atoms with E-state index in [2.05, 4.69) is 4.90 Å². The number of aliphatic hydroxyl groups excluding tert-OH is 1. The van der Waals surface area contributed by atoms with Crippen LogP contribution in [0.25, 0.3) is 0 Å². The van der Waals surface area contributed by atoms with Crippen LogP contribution in [0.2, 0.25) is 0 Å². The summed E-state index contributed by atoms with van der Waals surface area (Å²) in [5.74, 6) is -0.641. The number of para-hydroxylation sites is 1. The predicted octanol–water partition coefficient (Wildman–Crippen LogP) is 1.59. The fourth-order valence-corrected chi connectivity index (χ4v) is 2.36. The molecule has 0 amide bonds. The zero-order chi connectivity index (χ0) is 12.3. The van der Waals surface area contributed by atoms with Gasteiger partial charge in [0.25, 0.3) is 0 Å². The third-order valence-electron chi connectivity index (χ3n) is 3.25. The van der Waals surface area contributed by atoms with E-state index in [0.29, 0.717) is 5.56 Å². The molecule has 17 heavy (non-hydrogen) atoms. The van der Waals surface area contributed by atoms with E-state index in [-0.39, 0.29) is 12.5 Å². The second kappa shape index (κ2) is 5.19. The molecule has 1 saturated heterocycles. The maximum Gasteiger partial charge on any atom is 0.337 e. The Bertz CT molecular complexity index is 405. The topological polar surface area (TPSA) is 60.8 Å². The fourth-order valence-electron chi connectivity index (χ4n) is 2.36. The molecule has 1 fully saturated rings. The molecule has 0 radical (unpaired) electrons. The van der Waals surface area contributed by atoms with Gasteiger partial charge in [-0.2, -0.15) is 0 Å². The minimum Gasteiger partial charge on any atom is -0.478 e. The van der Waals surface area contributed by atoms with Crippen LogP contribution in [0.15, 0.2) is 24.3 Å². The molecule has 0 saturated carbocycles. The molecule has 92 valence electrons. The summed E-state index contributed by atoms with van der Waals surface area (Å²) in [5, 5.41) is 18.3. The molecule has 1 heterocycles. The van der Waals surface area contributed by atoms with Crippen molar-refractivity contribution in [1.29, 1.82) is 0 Å². The van der Waals surface area contributed by atoms with Crippen LogP contribution in [-0.4, -0.2) is 35.9 Å². The Balaban J connectivity index is 2.24. The largest absolute Gasteiger partial charge is 0.478 e. The zero-order valence-electron chi connectivity index (χ0n) is 9.67. The van der Waals surface area contributed by atoms with E-state index < -0.39 is 5.97 Å². The van der Waals surface area contributed by atoms with Crippen LogP contribution in [0.5, 0.6) is 0 Å². The van der Waals surface area contributed by atoms with E-state index in [9.17, 15) is 9.90 Å². The molecule has 2 rings (SSSR count). The molecule has 1 aliphatic rings. The predicted molar refractivity (Wildman–Crippen MR) is 65.4 cm³/mol. The first-order valence-corrected chi connectivity index (χ1v) is 5.90. The first kappa shape index (κ1) is 11.9. The number of aromatic carboxylic acids is 1. The molecular formula is C13H17NO3. The molecule has 0 unspecified atom stereocenters. The zero-order valence-corrected chi connectivity index (χ0v) is 9.67. The van der Waals surface area contributed by atoms with Crippen LogP contribution in [0, 0.1) is 5.92 Å². The molecule has 1 aromatic carbocycles. The number of anilines is 1. The molecule has 1 atom stereocenters. The van der Waals surface area contributed by atoms with Crippen LogP contribution < -0.4 is 4.90 Å². The van der Waals surface area contributed by atoms with Crippen LogP contribution in [0.4, 0.5) is 5.69 Å². The second-order valence-corrected chi connectivity index (χ2v) is 4.46. The van der Waals surface area contributed by atoms with Gasteiger partial charge >= 0.3 is 5.97 Å². The number of benzene rings is 1. The van der Waals surface area contributed by atoms with Crippen molar-refractivity contribution in [3.8, 4) is 0 Å². The molecule has 0 aliphatic carbocycles. The van der Waals surface area contributed by atoms with Gasteiger partial charge < -0.3 is 15.1 Å². The summed E-state index contributed by atoms with van der Waals surface area (Å²) < 4.78 is 0. The molecule has 1 aromatic rings. The molecule has 4 nitrogen and oxygen atoms in total. The SMILES string of the molecule is O=C(O)c1ccccc1N1CCC[C@@H](CO)C1. The third-order valence-corrected chi connectivity index (χ3v) is 3.25. The first-order valence-electron chi connectivity index (χ1n) is 5.90. The van der Waals surface area contributed by atoms with Crippen molar-refractivity contribution in [1.82, 2.24) is 0 Å². The number of carbonyl (C=O) groups is 1. The Labute approximate surface area is 100 Å². The summed E-state index contributed by atoms with van der Waals surface area (Å²) >= 11 is 0. The second-order valence-electron chi connectivity index (χ2n) is 4.46. The Hall–Kier alpha value is -1.55. The van der Waals surface area contributed by atoms with Crippen LogP contribution in [0.1, 0.15) is 23.2 Å². The van der Waals surface area contributed by atoms with Gasteiger partial charge in [-0.15, -0.1) is 0 Å². The van der Waals surface area contributed by atoms with E-state index >= 15 is 0 Å². The summed E-state index contributed by atoms with van der Waals surface area (Å²) in [4.78, 5) is 13.2. The van der Waals surface area contributed by atoms with Crippen LogP contribution in [-0.2, 0) is 0 Å². The Kier molecular flexibility index (Phi) is 3.64. The minimum atomic E-state index is -0.897. The number of hydrogen-bond donors (Lipinski definition) is 2. The standard InChI is InChI=1S/C13H17NO3/c15-9-10-4-3-7-14(8-10)12-6-2-1-5-11(12)13(16)17/h1-2,5-6,10,15H,3-4,7-9H2,(H,16,17)/t10-/m1/s1. The number of hydrogen-bond acceptors (Lipinski definition) is 3. The molecule has 0 bridgehead atoms. The lowest BCUT2D eigenvalue weighted by Crippen LogP contribution is -2.37. The highest BCUT2D eigenvalue weighted by Crippen LogP contribution is 2.26. The molecule has 4 heteroatoms. The van der Waals surface area contributed by atoms with Gasteiger partial charge in [-0.1, -0.05) is 12.1 Å². The minimum absolute atomic E-state index is 0.172.